The van der Waals surface area contributed by atoms with Gasteiger partial charge in [-0.25, -0.2) is 0 Å². The maximum atomic E-state index is 12.4. The van der Waals surface area contributed by atoms with Crippen LogP contribution in [0.5, 0.6) is 0 Å². The largest absolute Gasteiger partial charge is 0.456 e. The van der Waals surface area contributed by atoms with Crippen molar-refractivity contribution in [2.45, 2.75) is 6.18 Å². The van der Waals surface area contributed by atoms with E-state index >= 15 is 0 Å². The van der Waals surface area contributed by atoms with Crippen LogP contribution in [0, 0.1) is 0 Å². The van der Waals surface area contributed by atoms with Crippen molar-refractivity contribution >= 4 is 27.7 Å². The SMILES string of the molecule is O=C(c1ccc2c(c1)oc1ccccc12)C(F)(F)F. The van der Waals surface area contributed by atoms with Gasteiger partial charge in [0.1, 0.15) is 11.2 Å². The molecule has 0 N–H and O–H groups in total. The van der Waals surface area contributed by atoms with E-state index in [1.807, 2.05) is 12.1 Å². The number of carbonyl (C=O) groups is 1. The smallest absolute Gasteiger partial charge is 0.454 e. The Morgan fingerprint density at radius 1 is 0.947 bits per heavy atom. The van der Waals surface area contributed by atoms with Crippen LogP contribution in [0.4, 0.5) is 13.2 Å². The highest BCUT2D eigenvalue weighted by Gasteiger charge is 2.39. The molecule has 3 aromatic rings. The third-order valence-corrected chi connectivity index (χ3v) is 2.90. The predicted molar refractivity (Wildman–Crippen MR) is 64.1 cm³/mol. The van der Waals surface area contributed by atoms with Gasteiger partial charge in [-0.3, -0.25) is 4.79 Å². The first kappa shape index (κ1) is 11.8. The quantitative estimate of drug-likeness (QED) is 0.612. The summed E-state index contributed by atoms with van der Waals surface area (Å²) >= 11 is 0. The van der Waals surface area contributed by atoms with Crippen LogP contribution in [0.25, 0.3) is 21.9 Å². The molecule has 0 bridgehead atoms. The molecule has 0 aliphatic carbocycles. The molecule has 0 fully saturated rings. The topological polar surface area (TPSA) is 30.2 Å². The lowest BCUT2D eigenvalue weighted by molar-refractivity contribution is -0.0885. The first-order chi connectivity index (χ1) is 8.97. The Morgan fingerprint density at radius 3 is 2.37 bits per heavy atom. The number of hydrogen-bond acceptors (Lipinski definition) is 2. The second-order valence-corrected chi connectivity index (χ2v) is 4.14. The molecule has 2 nitrogen and oxygen atoms in total. The number of ketones is 1. The summed E-state index contributed by atoms with van der Waals surface area (Å²) in [5, 5.41) is 1.50. The fourth-order valence-corrected chi connectivity index (χ4v) is 2.03. The van der Waals surface area contributed by atoms with Crippen LogP contribution < -0.4 is 0 Å². The minimum Gasteiger partial charge on any atom is -0.456 e. The van der Waals surface area contributed by atoms with Crippen molar-refractivity contribution in [3.05, 3.63) is 48.0 Å². The summed E-state index contributed by atoms with van der Waals surface area (Å²) in [7, 11) is 0. The van der Waals surface area contributed by atoms with Gasteiger partial charge in [0.05, 0.1) is 0 Å². The summed E-state index contributed by atoms with van der Waals surface area (Å²) in [6, 6.07) is 10.9. The Morgan fingerprint density at radius 2 is 1.63 bits per heavy atom. The van der Waals surface area contributed by atoms with E-state index in [9.17, 15) is 18.0 Å². The van der Waals surface area contributed by atoms with Crippen LogP contribution in [-0.2, 0) is 0 Å². The molecule has 5 heteroatoms. The van der Waals surface area contributed by atoms with E-state index in [0.29, 0.717) is 11.0 Å². The van der Waals surface area contributed by atoms with Crippen molar-refractivity contribution < 1.29 is 22.4 Å². The van der Waals surface area contributed by atoms with Crippen molar-refractivity contribution in [3.63, 3.8) is 0 Å². The van der Waals surface area contributed by atoms with E-state index in [4.69, 9.17) is 4.42 Å². The minimum atomic E-state index is -4.88. The summed E-state index contributed by atoms with van der Waals surface area (Å²) < 4.78 is 42.5. The van der Waals surface area contributed by atoms with Crippen LogP contribution in [-0.4, -0.2) is 12.0 Å². The molecule has 0 atom stereocenters. The van der Waals surface area contributed by atoms with Crippen molar-refractivity contribution in [2.24, 2.45) is 0 Å². The van der Waals surface area contributed by atoms with Crippen LogP contribution >= 0.6 is 0 Å². The van der Waals surface area contributed by atoms with Gasteiger partial charge in [-0.05, 0) is 18.2 Å². The first-order valence-corrected chi connectivity index (χ1v) is 5.49. The lowest BCUT2D eigenvalue weighted by atomic mass is 10.1. The predicted octanol–water partition coefficient (Wildman–Crippen LogP) is 4.33. The van der Waals surface area contributed by atoms with Crippen molar-refractivity contribution in [1.82, 2.24) is 0 Å². The molecular weight excluding hydrogens is 257 g/mol. The number of Topliss-reactive ketones (excluding diaryl/α,β-unsaturated/α-hetero) is 1. The Labute approximate surface area is 105 Å². The average Bonchev–Trinajstić information content (AvgIpc) is 2.74. The molecule has 19 heavy (non-hydrogen) atoms. The highest BCUT2D eigenvalue weighted by atomic mass is 19.4. The zero-order valence-electron chi connectivity index (χ0n) is 9.49. The highest BCUT2D eigenvalue weighted by molar-refractivity contribution is 6.08. The summed E-state index contributed by atoms with van der Waals surface area (Å²) in [5.41, 5.74) is 0.435. The van der Waals surface area contributed by atoms with Crippen LogP contribution in [0.3, 0.4) is 0 Å². The molecule has 0 aliphatic heterocycles. The molecule has 1 heterocycles. The fraction of sp³-hybridized carbons (Fsp3) is 0.0714. The number of benzene rings is 2. The number of carbonyl (C=O) groups excluding carboxylic acids is 1. The van der Waals surface area contributed by atoms with Gasteiger partial charge in [0.25, 0.3) is 5.78 Å². The Bertz CT molecular complexity index is 784. The number of hydrogen-bond donors (Lipinski definition) is 0. The van der Waals surface area contributed by atoms with E-state index < -0.39 is 17.5 Å². The van der Waals surface area contributed by atoms with E-state index in [1.165, 1.54) is 12.1 Å². The zero-order chi connectivity index (χ0) is 13.6. The Kier molecular flexibility index (Phi) is 2.38. The zero-order valence-corrected chi connectivity index (χ0v) is 9.49. The number of furan rings is 1. The molecule has 0 unspecified atom stereocenters. The van der Waals surface area contributed by atoms with E-state index in [2.05, 4.69) is 0 Å². The molecule has 96 valence electrons. The number of para-hydroxylation sites is 1. The van der Waals surface area contributed by atoms with Gasteiger partial charge in [-0.1, -0.05) is 24.3 Å². The third-order valence-electron chi connectivity index (χ3n) is 2.90. The van der Waals surface area contributed by atoms with Crippen LogP contribution in [0.15, 0.2) is 46.9 Å². The number of rotatable bonds is 1. The van der Waals surface area contributed by atoms with E-state index in [0.717, 1.165) is 11.5 Å². The van der Waals surface area contributed by atoms with Crippen LogP contribution in [0.1, 0.15) is 10.4 Å². The summed E-state index contributed by atoms with van der Waals surface area (Å²) in [6.45, 7) is 0. The van der Waals surface area contributed by atoms with Crippen molar-refractivity contribution in [1.29, 1.82) is 0 Å². The van der Waals surface area contributed by atoms with Gasteiger partial charge in [-0.2, -0.15) is 13.2 Å². The number of halogens is 3. The van der Waals surface area contributed by atoms with Gasteiger partial charge in [0.15, 0.2) is 0 Å². The van der Waals surface area contributed by atoms with Crippen molar-refractivity contribution in [3.8, 4) is 0 Å². The fourth-order valence-electron chi connectivity index (χ4n) is 2.03. The number of fused-ring (bicyclic) bond motifs is 3. The van der Waals surface area contributed by atoms with Gasteiger partial charge >= 0.3 is 6.18 Å². The van der Waals surface area contributed by atoms with Gasteiger partial charge < -0.3 is 4.42 Å². The molecule has 2 aromatic carbocycles. The highest BCUT2D eigenvalue weighted by Crippen LogP contribution is 2.30. The molecule has 0 saturated carbocycles. The van der Waals surface area contributed by atoms with E-state index in [-0.39, 0.29) is 5.58 Å². The molecule has 0 radical (unpaired) electrons. The monoisotopic (exact) mass is 264 g/mol. The lowest BCUT2D eigenvalue weighted by Crippen LogP contribution is -2.22. The summed E-state index contributed by atoms with van der Waals surface area (Å²) in [6.07, 6.45) is -4.88. The normalized spacial score (nSPS) is 12.2. The number of alkyl halides is 3. The maximum absolute atomic E-state index is 12.4. The van der Waals surface area contributed by atoms with Crippen LogP contribution in [0.2, 0.25) is 0 Å². The van der Waals surface area contributed by atoms with E-state index in [1.54, 1.807) is 12.1 Å². The Balaban J connectivity index is 2.22. The van der Waals surface area contributed by atoms with Gasteiger partial charge in [0, 0.05) is 16.3 Å². The molecule has 0 spiro atoms. The Hall–Kier alpha value is -2.30. The molecular formula is C14H7F3O2. The standard InChI is InChI=1S/C14H7F3O2/c15-14(16,17)13(18)8-5-6-10-9-3-1-2-4-11(9)19-12(10)7-8/h1-7H. The average molecular weight is 264 g/mol. The lowest BCUT2D eigenvalue weighted by Gasteiger charge is -2.04. The second kappa shape index (κ2) is 3.85. The summed E-state index contributed by atoms with van der Waals surface area (Å²) in [4.78, 5) is 11.2. The molecule has 3 rings (SSSR count). The molecule has 0 amide bonds. The second-order valence-electron chi connectivity index (χ2n) is 4.14. The minimum absolute atomic E-state index is 0.274. The van der Waals surface area contributed by atoms with Crippen molar-refractivity contribution in [2.75, 3.05) is 0 Å². The maximum Gasteiger partial charge on any atom is 0.454 e. The van der Waals surface area contributed by atoms with Gasteiger partial charge in [-0.15, -0.1) is 0 Å². The van der Waals surface area contributed by atoms with Gasteiger partial charge in [0.2, 0.25) is 0 Å². The third kappa shape index (κ3) is 1.87. The first-order valence-electron chi connectivity index (χ1n) is 5.49. The molecule has 0 aliphatic rings. The molecule has 1 aromatic heterocycles. The molecule has 0 saturated heterocycles. The summed E-state index contributed by atoms with van der Waals surface area (Å²) in [5.74, 6) is -1.87.